The van der Waals surface area contributed by atoms with Gasteiger partial charge in [0.25, 0.3) is 0 Å². The van der Waals surface area contributed by atoms with Crippen molar-refractivity contribution in [2.75, 3.05) is 17.7 Å². The third-order valence-electron chi connectivity index (χ3n) is 2.70. The summed E-state index contributed by atoms with van der Waals surface area (Å²) in [6.07, 6.45) is 2.44. The Morgan fingerprint density at radius 3 is 2.56 bits per heavy atom. The van der Waals surface area contributed by atoms with Gasteiger partial charge in [0.1, 0.15) is 5.82 Å². The van der Waals surface area contributed by atoms with Crippen LogP contribution in [0.3, 0.4) is 0 Å². The van der Waals surface area contributed by atoms with Gasteiger partial charge in [0.05, 0.1) is 24.5 Å². The number of pyridine rings is 1. The first kappa shape index (κ1) is 12.4. The molecule has 4 nitrogen and oxygen atoms in total. The van der Waals surface area contributed by atoms with Gasteiger partial charge in [-0.05, 0) is 24.1 Å². The Morgan fingerprint density at radius 1 is 1.17 bits per heavy atom. The van der Waals surface area contributed by atoms with E-state index in [1.807, 2.05) is 36.4 Å². The van der Waals surface area contributed by atoms with E-state index < -0.39 is 0 Å². The highest BCUT2D eigenvalue weighted by atomic mass is 16.3. The fourth-order valence-corrected chi connectivity index (χ4v) is 1.79. The van der Waals surface area contributed by atoms with Crippen molar-refractivity contribution in [1.82, 2.24) is 4.98 Å². The van der Waals surface area contributed by atoms with Gasteiger partial charge in [0.2, 0.25) is 0 Å². The minimum absolute atomic E-state index is 0.0298. The molecule has 4 heteroatoms. The van der Waals surface area contributed by atoms with Crippen molar-refractivity contribution in [1.29, 1.82) is 0 Å². The molecule has 0 aliphatic heterocycles. The quantitative estimate of drug-likeness (QED) is 0.747. The van der Waals surface area contributed by atoms with E-state index in [0.717, 1.165) is 12.1 Å². The van der Waals surface area contributed by atoms with Crippen LogP contribution in [0, 0.1) is 0 Å². The number of hydrogen-bond acceptors (Lipinski definition) is 4. The summed E-state index contributed by atoms with van der Waals surface area (Å²) in [4.78, 5) is 4.01. The van der Waals surface area contributed by atoms with E-state index >= 15 is 0 Å². The number of rotatable bonds is 5. The Kier molecular flexibility index (Phi) is 4.15. The van der Waals surface area contributed by atoms with Gasteiger partial charge in [0, 0.05) is 0 Å². The van der Waals surface area contributed by atoms with Gasteiger partial charge in [-0.1, -0.05) is 30.3 Å². The number of aliphatic hydroxyl groups excluding tert-OH is 1. The smallest absolute Gasteiger partial charge is 0.123 e. The van der Waals surface area contributed by atoms with E-state index in [-0.39, 0.29) is 12.6 Å². The summed E-state index contributed by atoms with van der Waals surface area (Å²) in [5, 5.41) is 12.6. The highest BCUT2D eigenvalue weighted by Crippen LogP contribution is 2.11. The molecule has 1 atom stereocenters. The molecule has 0 saturated heterocycles. The lowest BCUT2D eigenvalue weighted by Gasteiger charge is -2.17. The van der Waals surface area contributed by atoms with E-state index in [0.29, 0.717) is 5.82 Å². The third kappa shape index (κ3) is 3.46. The van der Waals surface area contributed by atoms with E-state index in [9.17, 15) is 5.11 Å². The Balaban J connectivity index is 1.99. The number of nitrogens with zero attached hydrogens (tertiary/aromatic N) is 1. The van der Waals surface area contributed by atoms with Crippen LogP contribution in [0.4, 0.5) is 11.5 Å². The fourth-order valence-electron chi connectivity index (χ4n) is 1.79. The van der Waals surface area contributed by atoms with Gasteiger partial charge in [-0.25, -0.2) is 4.98 Å². The molecule has 0 fully saturated rings. The molecule has 94 valence electrons. The molecular weight excluding hydrogens is 226 g/mol. The number of aromatic nitrogens is 1. The van der Waals surface area contributed by atoms with E-state index in [2.05, 4.69) is 10.3 Å². The Labute approximate surface area is 106 Å². The molecule has 0 saturated carbocycles. The van der Waals surface area contributed by atoms with Crippen LogP contribution in [0.1, 0.15) is 5.56 Å². The topological polar surface area (TPSA) is 71.2 Å². The standard InChI is InChI=1S/C14H17N3O/c15-14-7-6-12(9-16-14)17-13(10-18)8-11-4-2-1-3-5-11/h1-7,9,13,17-18H,8,10H2,(H2,15,16). The first-order valence-corrected chi connectivity index (χ1v) is 5.91. The maximum atomic E-state index is 9.40. The van der Waals surface area contributed by atoms with Crippen LogP contribution >= 0.6 is 0 Å². The molecule has 0 aliphatic carbocycles. The number of aliphatic hydroxyl groups is 1. The van der Waals surface area contributed by atoms with Crippen LogP contribution in [0.5, 0.6) is 0 Å². The van der Waals surface area contributed by atoms with Crippen molar-refractivity contribution in [3.63, 3.8) is 0 Å². The number of nitrogens with one attached hydrogen (secondary N) is 1. The Bertz CT molecular complexity index is 470. The van der Waals surface area contributed by atoms with Crippen LogP contribution in [-0.2, 0) is 6.42 Å². The lowest BCUT2D eigenvalue weighted by Crippen LogP contribution is -2.26. The van der Waals surface area contributed by atoms with Crippen molar-refractivity contribution in [2.24, 2.45) is 0 Å². The second-order valence-electron chi connectivity index (χ2n) is 4.19. The summed E-state index contributed by atoms with van der Waals surface area (Å²) in [7, 11) is 0. The van der Waals surface area contributed by atoms with Crippen molar-refractivity contribution in [3.05, 3.63) is 54.2 Å². The highest BCUT2D eigenvalue weighted by Gasteiger charge is 2.08. The molecule has 0 bridgehead atoms. The second-order valence-corrected chi connectivity index (χ2v) is 4.19. The summed E-state index contributed by atoms with van der Waals surface area (Å²) >= 11 is 0. The van der Waals surface area contributed by atoms with Gasteiger partial charge in [-0.3, -0.25) is 0 Å². The molecule has 18 heavy (non-hydrogen) atoms. The van der Waals surface area contributed by atoms with Gasteiger partial charge in [-0.2, -0.15) is 0 Å². The van der Waals surface area contributed by atoms with Crippen molar-refractivity contribution in [3.8, 4) is 0 Å². The lowest BCUT2D eigenvalue weighted by atomic mass is 10.1. The van der Waals surface area contributed by atoms with Crippen LogP contribution in [0.2, 0.25) is 0 Å². The average Bonchev–Trinajstić information content (AvgIpc) is 2.41. The largest absolute Gasteiger partial charge is 0.394 e. The molecule has 1 aromatic heterocycles. The van der Waals surface area contributed by atoms with Gasteiger partial charge in [0.15, 0.2) is 0 Å². The minimum Gasteiger partial charge on any atom is -0.394 e. The number of benzene rings is 1. The molecule has 2 rings (SSSR count). The first-order chi connectivity index (χ1) is 8.78. The number of nitrogen functional groups attached to an aromatic ring is 1. The SMILES string of the molecule is Nc1ccc(NC(CO)Cc2ccccc2)cn1. The zero-order valence-electron chi connectivity index (χ0n) is 10.1. The van der Waals surface area contributed by atoms with Crippen LogP contribution in [0.15, 0.2) is 48.7 Å². The Hall–Kier alpha value is -2.07. The van der Waals surface area contributed by atoms with E-state index in [1.54, 1.807) is 12.3 Å². The molecule has 1 unspecified atom stereocenters. The molecule has 4 N–H and O–H groups in total. The summed E-state index contributed by atoms with van der Waals surface area (Å²) in [6.45, 7) is 0.0687. The Morgan fingerprint density at radius 2 is 1.94 bits per heavy atom. The van der Waals surface area contributed by atoms with Gasteiger partial charge >= 0.3 is 0 Å². The first-order valence-electron chi connectivity index (χ1n) is 5.91. The molecule has 0 radical (unpaired) electrons. The molecule has 1 aromatic carbocycles. The third-order valence-corrected chi connectivity index (χ3v) is 2.70. The highest BCUT2D eigenvalue weighted by molar-refractivity contribution is 5.46. The van der Waals surface area contributed by atoms with E-state index in [4.69, 9.17) is 5.73 Å². The van der Waals surface area contributed by atoms with Gasteiger partial charge in [-0.15, -0.1) is 0 Å². The van der Waals surface area contributed by atoms with Crippen LogP contribution < -0.4 is 11.1 Å². The maximum Gasteiger partial charge on any atom is 0.123 e. The lowest BCUT2D eigenvalue weighted by molar-refractivity contribution is 0.273. The summed E-state index contributed by atoms with van der Waals surface area (Å²) in [5.41, 5.74) is 7.57. The fraction of sp³-hybridized carbons (Fsp3) is 0.214. The minimum atomic E-state index is -0.0298. The predicted octanol–water partition coefficient (Wildman–Crippen LogP) is 1.68. The summed E-state index contributed by atoms with van der Waals surface area (Å²) in [5.74, 6) is 0.490. The monoisotopic (exact) mass is 243 g/mol. The normalized spacial score (nSPS) is 12.1. The molecule has 0 spiro atoms. The van der Waals surface area contributed by atoms with Crippen molar-refractivity contribution in [2.45, 2.75) is 12.5 Å². The number of nitrogens with two attached hydrogens (primary N) is 1. The van der Waals surface area contributed by atoms with Crippen molar-refractivity contribution < 1.29 is 5.11 Å². The summed E-state index contributed by atoms with van der Waals surface area (Å²) < 4.78 is 0. The summed E-state index contributed by atoms with van der Waals surface area (Å²) in [6, 6.07) is 13.6. The second kappa shape index (κ2) is 6.02. The van der Waals surface area contributed by atoms with Gasteiger partial charge < -0.3 is 16.2 Å². The molecule has 0 aliphatic rings. The molecule has 1 heterocycles. The maximum absolute atomic E-state index is 9.40. The zero-order valence-corrected chi connectivity index (χ0v) is 10.1. The molecule has 2 aromatic rings. The average molecular weight is 243 g/mol. The predicted molar refractivity (Wildman–Crippen MR) is 73.3 cm³/mol. The number of hydrogen-bond donors (Lipinski definition) is 3. The van der Waals surface area contributed by atoms with Crippen LogP contribution in [0.25, 0.3) is 0 Å². The molecular formula is C14H17N3O. The number of anilines is 2. The van der Waals surface area contributed by atoms with E-state index in [1.165, 1.54) is 5.56 Å². The van der Waals surface area contributed by atoms with Crippen molar-refractivity contribution >= 4 is 11.5 Å². The zero-order chi connectivity index (χ0) is 12.8. The molecule has 0 amide bonds. The van der Waals surface area contributed by atoms with Crippen LogP contribution in [-0.4, -0.2) is 22.7 Å².